The fraction of sp³-hybridized carbons (Fsp3) is 0.615. The van der Waals surface area contributed by atoms with Crippen molar-refractivity contribution >= 4 is 5.69 Å². The number of anilines is 1. The molecule has 15 heavy (non-hydrogen) atoms. The van der Waals surface area contributed by atoms with E-state index in [-0.39, 0.29) is 0 Å². The molecule has 0 aromatic carbocycles. The van der Waals surface area contributed by atoms with E-state index in [0.29, 0.717) is 6.04 Å². The van der Waals surface area contributed by atoms with E-state index in [1.54, 1.807) is 0 Å². The average molecular weight is 204 g/mol. The predicted molar refractivity (Wildman–Crippen MR) is 64.0 cm³/mol. The van der Waals surface area contributed by atoms with Crippen LogP contribution in [-0.4, -0.2) is 11.0 Å². The van der Waals surface area contributed by atoms with E-state index in [4.69, 9.17) is 0 Å². The third kappa shape index (κ3) is 2.49. The molecular weight excluding hydrogens is 184 g/mol. The van der Waals surface area contributed by atoms with Crippen molar-refractivity contribution in [2.24, 2.45) is 5.92 Å². The van der Waals surface area contributed by atoms with Gasteiger partial charge in [0.25, 0.3) is 0 Å². The summed E-state index contributed by atoms with van der Waals surface area (Å²) in [7, 11) is 0. The van der Waals surface area contributed by atoms with Gasteiger partial charge in [-0.3, -0.25) is 4.98 Å². The lowest BCUT2D eigenvalue weighted by Crippen LogP contribution is -2.24. The number of nitrogens with zero attached hydrogens (tertiary/aromatic N) is 1. The number of hydrogen-bond acceptors (Lipinski definition) is 2. The number of rotatable bonds is 3. The normalized spacial score (nSPS) is 19.1. The van der Waals surface area contributed by atoms with Crippen LogP contribution in [0, 0.1) is 12.8 Å². The molecule has 1 aromatic rings. The summed E-state index contributed by atoms with van der Waals surface area (Å²) in [6.07, 6.45) is 9.37. The van der Waals surface area contributed by atoms with Crippen LogP contribution in [0.15, 0.2) is 18.5 Å². The smallest absolute Gasteiger partial charge is 0.0402 e. The first-order chi connectivity index (χ1) is 7.27. The first-order valence-electron chi connectivity index (χ1n) is 5.94. The van der Waals surface area contributed by atoms with Gasteiger partial charge in [0.15, 0.2) is 0 Å². The highest BCUT2D eigenvalue weighted by atomic mass is 14.9. The zero-order chi connectivity index (χ0) is 10.7. The standard InChI is InChI=1S/C13H20N2/c1-10-9-14-8-7-13(10)15-11(2)12-5-3-4-6-12/h7-9,11-12H,3-6H2,1-2H3,(H,14,15). The van der Waals surface area contributed by atoms with Crippen LogP contribution in [-0.2, 0) is 0 Å². The largest absolute Gasteiger partial charge is 0.382 e. The summed E-state index contributed by atoms with van der Waals surface area (Å²) in [6.45, 7) is 4.41. The molecule has 1 fully saturated rings. The molecule has 1 heterocycles. The lowest BCUT2D eigenvalue weighted by Gasteiger charge is -2.22. The van der Waals surface area contributed by atoms with Crippen molar-refractivity contribution in [3.05, 3.63) is 24.0 Å². The Morgan fingerprint density at radius 2 is 2.13 bits per heavy atom. The van der Waals surface area contributed by atoms with Gasteiger partial charge in [-0.1, -0.05) is 12.8 Å². The molecule has 2 rings (SSSR count). The van der Waals surface area contributed by atoms with Crippen LogP contribution in [0.2, 0.25) is 0 Å². The van der Waals surface area contributed by atoms with Gasteiger partial charge in [-0.15, -0.1) is 0 Å². The fourth-order valence-corrected chi connectivity index (χ4v) is 2.46. The van der Waals surface area contributed by atoms with Crippen molar-refractivity contribution < 1.29 is 0 Å². The van der Waals surface area contributed by atoms with E-state index in [9.17, 15) is 0 Å². The molecular formula is C13H20N2. The Hall–Kier alpha value is -1.05. The lowest BCUT2D eigenvalue weighted by molar-refractivity contribution is 0.482. The van der Waals surface area contributed by atoms with Crippen molar-refractivity contribution in [1.82, 2.24) is 4.98 Å². The van der Waals surface area contributed by atoms with Gasteiger partial charge >= 0.3 is 0 Å². The molecule has 1 unspecified atom stereocenters. The van der Waals surface area contributed by atoms with E-state index in [1.807, 2.05) is 12.4 Å². The van der Waals surface area contributed by atoms with Crippen molar-refractivity contribution in [2.45, 2.75) is 45.6 Å². The van der Waals surface area contributed by atoms with Crippen molar-refractivity contribution in [3.8, 4) is 0 Å². The summed E-state index contributed by atoms with van der Waals surface area (Å²) in [5.74, 6) is 0.859. The van der Waals surface area contributed by atoms with E-state index < -0.39 is 0 Å². The van der Waals surface area contributed by atoms with Crippen LogP contribution in [0.3, 0.4) is 0 Å². The molecule has 1 atom stereocenters. The number of nitrogens with one attached hydrogen (secondary N) is 1. The Labute approximate surface area is 92.1 Å². The summed E-state index contributed by atoms with van der Waals surface area (Å²) in [5.41, 5.74) is 2.48. The van der Waals surface area contributed by atoms with Gasteiger partial charge in [0, 0.05) is 24.1 Å². The molecule has 1 aliphatic carbocycles. The maximum atomic E-state index is 4.11. The predicted octanol–water partition coefficient (Wildman–Crippen LogP) is 3.38. The first kappa shape index (κ1) is 10.5. The number of aryl methyl sites for hydroxylation is 1. The van der Waals surface area contributed by atoms with Crippen LogP contribution >= 0.6 is 0 Å². The SMILES string of the molecule is Cc1cnccc1NC(C)C1CCCC1. The van der Waals surface area contributed by atoms with Crippen molar-refractivity contribution in [1.29, 1.82) is 0 Å². The van der Waals surface area contributed by atoms with Crippen LogP contribution in [0.4, 0.5) is 5.69 Å². The fourth-order valence-electron chi connectivity index (χ4n) is 2.46. The molecule has 82 valence electrons. The molecule has 1 N–H and O–H groups in total. The lowest BCUT2D eigenvalue weighted by atomic mass is 9.99. The third-order valence-electron chi connectivity index (χ3n) is 3.51. The third-order valence-corrected chi connectivity index (χ3v) is 3.51. The quantitative estimate of drug-likeness (QED) is 0.816. The number of hydrogen-bond donors (Lipinski definition) is 1. The highest BCUT2D eigenvalue weighted by Crippen LogP contribution is 2.29. The molecule has 1 aliphatic rings. The van der Waals surface area contributed by atoms with E-state index in [0.717, 1.165) is 5.92 Å². The monoisotopic (exact) mass is 204 g/mol. The molecule has 1 saturated carbocycles. The van der Waals surface area contributed by atoms with Gasteiger partial charge in [-0.05, 0) is 44.2 Å². The minimum Gasteiger partial charge on any atom is -0.382 e. The Bertz CT molecular complexity index is 316. The molecule has 0 spiro atoms. The van der Waals surface area contributed by atoms with Gasteiger partial charge in [0.2, 0.25) is 0 Å². The molecule has 0 amide bonds. The van der Waals surface area contributed by atoms with Gasteiger partial charge in [-0.2, -0.15) is 0 Å². The molecule has 1 aromatic heterocycles. The molecule has 2 heteroatoms. The van der Waals surface area contributed by atoms with E-state index >= 15 is 0 Å². The molecule has 2 nitrogen and oxygen atoms in total. The van der Waals surface area contributed by atoms with Gasteiger partial charge in [0.05, 0.1) is 0 Å². The Balaban J connectivity index is 1.99. The first-order valence-corrected chi connectivity index (χ1v) is 5.94. The number of aromatic nitrogens is 1. The second kappa shape index (κ2) is 4.65. The molecule has 0 radical (unpaired) electrons. The summed E-state index contributed by atoms with van der Waals surface area (Å²) < 4.78 is 0. The highest BCUT2D eigenvalue weighted by molar-refractivity contribution is 5.49. The van der Waals surface area contributed by atoms with Gasteiger partial charge in [-0.25, -0.2) is 0 Å². The topological polar surface area (TPSA) is 24.9 Å². The minimum absolute atomic E-state index is 0.591. The molecule has 0 saturated heterocycles. The zero-order valence-corrected chi connectivity index (χ0v) is 9.66. The average Bonchev–Trinajstić information content (AvgIpc) is 2.74. The maximum absolute atomic E-state index is 4.11. The zero-order valence-electron chi connectivity index (χ0n) is 9.66. The van der Waals surface area contributed by atoms with Crippen LogP contribution < -0.4 is 5.32 Å². The van der Waals surface area contributed by atoms with Crippen LogP contribution in [0.25, 0.3) is 0 Å². The Kier molecular flexibility index (Phi) is 3.24. The van der Waals surface area contributed by atoms with Crippen LogP contribution in [0.1, 0.15) is 38.2 Å². The second-order valence-corrected chi connectivity index (χ2v) is 4.67. The molecule has 0 aliphatic heterocycles. The summed E-state index contributed by atoms with van der Waals surface area (Å²) in [5, 5.41) is 3.61. The Morgan fingerprint density at radius 3 is 2.80 bits per heavy atom. The Morgan fingerprint density at radius 1 is 1.40 bits per heavy atom. The van der Waals surface area contributed by atoms with Crippen molar-refractivity contribution in [3.63, 3.8) is 0 Å². The number of pyridine rings is 1. The summed E-state index contributed by atoms with van der Waals surface area (Å²) in [6, 6.07) is 2.66. The van der Waals surface area contributed by atoms with Crippen molar-refractivity contribution in [2.75, 3.05) is 5.32 Å². The summed E-state index contributed by atoms with van der Waals surface area (Å²) in [4.78, 5) is 4.11. The maximum Gasteiger partial charge on any atom is 0.0402 e. The van der Waals surface area contributed by atoms with E-state index in [2.05, 4.69) is 30.2 Å². The summed E-state index contributed by atoms with van der Waals surface area (Å²) >= 11 is 0. The van der Waals surface area contributed by atoms with E-state index in [1.165, 1.54) is 36.9 Å². The van der Waals surface area contributed by atoms with Crippen LogP contribution in [0.5, 0.6) is 0 Å². The minimum atomic E-state index is 0.591. The molecule has 0 bridgehead atoms. The second-order valence-electron chi connectivity index (χ2n) is 4.67. The highest BCUT2D eigenvalue weighted by Gasteiger charge is 2.21. The van der Waals surface area contributed by atoms with Gasteiger partial charge < -0.3 is 5.32 Å². The van der Waals surface area contributed by atoms with Gasteiger partial charge in [0.1, 0.15) is 0 Å².